The molecule has 0 saturated carbocycles. The first-order valence-electron chi connectivity index (χ1n) is 5.78. The van der Waals surface area contributed by atoms with Gasteiger partial charge in [0.25, 0.3) is 0 Å². The van der Waals surface area contributed by atoms with Gasteiger partial charge in [-0.15, -0.1) is 0 Å². The van der Waals surface area contributed by atoms with Crippen LogP contribution in [0.4, 0.5) is 13.2 Å². The molecule has 0 aliphatic heterocycles. The predicted octanol–water partition coefficient (Wildman–Crippen LogP) is 4.39. The smallest absolute Gasteiger partial charge is 0.399 e. The summed E-state index contributed by atoms with van der Waals surface area (Å²) in [5, 5.41) is 0. The molecule has 0 bridgehead atoms. The van der Waals surface area contributed by atoms with Crippen molar-refractivity contribution < 1.29 is 17.9 Å². The summed E-state index contributed by atoms with van der Waals surface area (Å²) in [4.78, 5) is 0. The Morgan fingerprint density at radius 2 is 1.47 bits per heavy atom. The van der Waals surface area contributed by atoms with Gasteiger partial charge in [0.1, 0.15) is 11.7 Å². The topological polar surface area (TPSA) is 9.23 Å². The predicted molar refractivity (Wildman–Crippen MR) is 67.3 cm³/mol. The van der Waals surface area contributed by atoms with E-state index in [-0.39, 0.29) is 16.9 Å². The molecule has 0 aliphatic carbocycles. The summed E-state index contributed by atoms with van der Waals surface area (Å²) in [6.07, 6.45) is -4.37. The number of methoxy groups -OCH3 is 1. The van der Waals surface area contributed by atoms with Gasteiger partial charge in [0.15, 0.2) is 0 Å². The summed E-state index contributed by atoms with van der Waals surface area (Å²) in [6, 6.07) is 14.1. The molecule has 1 atom stereocenters. The Hall–Kier alpha value is -1.97. The molecule has 2 aromatic rings. The van der Waals surface area contributed by atoms with Crippen LogP contribution in [0.15, 0.2) is 54.6 Å². The van der Waals surface area contributed by atoms with Gasteiger partial charge in [0.2, 0.25) is 0 Å². The van der Waals surface area contributed by atoms with Crippen molar-refractivity contribution in [1.29, 1.82) is 0 Å². The highest BCUT2D eigenvalue weighted by molar-refractivity contribution is 5.43. The van der Waals surface area contributed by atoms with E-state index in [1.54, 1.807) is 30.3 Å². The van der Waals surface area contributed by atoms with Gasteiger partial charge in [0.05, 0.1) is 7.11 Å². The SMILES string of the molecule is COc1ccccc1C(c1ccccc1)C(F)(F)F. The van der Waals surface area contributed by atoms with E-state index in [2.05, 4.69) is 0 Å². The first-order valence-corrected chi connectivity index (χ1v) is 5.78. The zero-order valence-corrected chi connectivity index (χ0v) is 10.3. The summed E-state index contributed by atoms with van der Waals surface area (Å²) in [6.45, 7) is 0. The standard InChI is InChI=1S/C15H13F3O/c1-19-13-10-6-5-9-12(13)14(15(16,17)18)11-7-3-2-4-8-11/h2-10,14H,1H3. The Labute approximate surface area is 109 Å². The second-order valence-corrected chi connectivity index (χ2v) is 4.13. The fourth-order valence-corrected chi connectivity index (χ4v) is 2.10. The van der Waals surface area contributed by atoms with Gasteiger partial charge in [0, 0.05) is 5.56 Å². The molecule has 0 aromatic heterocycles. The lowest BCUT2D eigenvalue weighted by Crippen LogP contribution is -2.22. The van der Waals surface area contributed by atoms with Crippen LogP contribution in [0, 0.1) is 0 Å². The van der Waals surface area contributed by atoms with Gasteiger partial charge in [-0.2, -0.15) is 13.2 Å². The molecule has 0 N–H and O–H groups in total. The van der Waals surface area contributed by atoms with Gasteiger partial charge < -0.3 is 4.74 Å². The van der Waals surface area contributed by atoms with Gasteiger partial charge in [-0.05, 0) is 11.6 Å². The minimum atomic E-state index is -4.37. The first kappa shape index (κ1) is 13.5. The van der Waals surface area contributed by atoms with E-state index in [1.165, 1.54) is 31.4 Å². The second kappa shape index (κ2) is 5.34. The lowest BCUT2D eigenvalue weighted by atomic mass is 9.90. The Morgan fingerprint density at radius 1 is 0.895 bits per heavy atom. The molecule has 0 saturated heterocycles. The van der Waals surface area contributed by atoms with Crippen molar-refractivity contribution in [3.63, 3.8) is 0 Å². The van der Waals surface area contributed by atoms with Crippen LogP contribution in [-0.4, -0.2) is 13.3 Å². The van der Waals surface area contributed by atoms with Crippen molar-refractivity contribution in [1.82, 2.24) is 0 Å². The zero-order chi connectivity index (χ0) is 13.9. The maximum atomic E-state index is 13.4. The molecule has 1 nitrogen and oxygen atoms in total. The number of rotatable bonds is 3. The maximum Gasteiger partial charge on any atom is 0.399 e. The number of hydrogen-bond acceptors (Lipinski definition) is 1. The first-order chi connectivity index (χ1) is 9.04. The van der Waals surface area contributed by atoms with Crippen molar-refractivity contribution in [2.24, 2.45) is 0 Å². The molecule has 1 unspecified atom stereocenters. The van der Waals surface area contributed by atoms with Gasteiger partial charge >= 0.3 is 6.18 Å². The molecule has 2 aromatic carbocycles. The molecule has 19 heavy (non-hydrogen) atoms. The highest BCUT2D eigenvalue weighted by Crippen LogP contribution is 2.43. The van der Waals surface area contributed by atoms with Crippen LogP contribution in [-0.2, 0) is 0 Å². The molecule has 100 valence electrons. The van der Waals surface area contributed by atoms with Crippen molar-refractivity contribution >= 4 is 0 Å². The summed E-state index contributed by atoms with van der Waals surface area (Å²) >= 11 is 0. The second-order valence-electron chi connectivity index (χ2n) is 4.13. The number of alkyl halides is 3. The van der Waals surface area contributed by atoms with Crippen LogP contribution < -0.4 is 4.74 Å². The van der Waals surface area contributed by atoms with E-state index in [9.17, 15) is 13.2 Å². The number of hydrogen-bond donors (Lipinski definition) is 0. The average molecular weight is 266 g/mol. The Balaban J connectivity index is 2.56. The maximum absolute atomic E-state index is 13.4. The van der Waals surface area contributed by atoms with Crippen molar-refractivity contribution in [2.45, 2.75) is 12.1 Å². The summed E-state index contributed by atoms with van der Waals surface area (Å²) in [5.74, 6) is -1.43. The lowest BCUT2D eigenvalue weighted by Gasteiger charge is -2.23. The van der Waals surface area contributed by atoms with Crippen LogP contribution in [0.1, 0.15) is 17.0 Å². The van der Waals surface area contributed by atoms with Crippen molar-refractivity contribution in [2.75, 3.05) is 7.11 Å². The van der Waals surface area contributed by atoms with E-state index >= 15 is 0 Å². The van der Waals surface area contributed by atoms with E-state index in [1.807, 2.05) is 0 Å². The van der Waals surface area contributed by atoms with Gasteiger partial charge in [-0.25, -0.2) is 0 Å². The normalized spacial score (nSPS) is 13.1. The Bertz CT molecular complexity index is 535. The number of ether oxygens (including phenoxy) is 1. The van der Waals surface area contributed by atoms with E-state index in [0.717, 1.165) is 0 Å². The summed E-state index contributed by atoms with van der Waals surface area (Å²) in [7, 11) is 1.37. The molecule has 4 heteroatoms. The molecular formula is C15H13F3O. The molecule has 0 aliphatic rings. The fourth-order valence-electron chi connectivity index (χ4n) is 2.10. The van der Waals surface area contributed by atoms with Gasteiger partial charge in [-0.1, -0.05) is 48.5 Å². The summed E-state index contributed by atoms with van der Waals surface area (Å²) in [5.41, 5.74) is 0.336. The van der Waals surface area contributed by atoms with Crippen molar-refractivity contribution in [3.8, 4) is 5.75 Å². The largest absolute Gasteiger partial charge is 0.496 e. The molecule has 0 spiro atoms. The zero-order valence-electron chi connectivity index (χ0n) is 10.3. The highest BCUT2D eigenvalue weighted by Gasteiger charge is 2.43. The third-order valence-corrected chi connectivity index (χ3v) is 2.91. The third-order valence-electron chi connectivity index (χ3n) is 2.91. The van der Waals surface area contributed by atoms with E-state index in [4.69, 9.17) is 4.74 Å². The molecule has 0 heterocycles. The molecule has 2 rings (SSSR count). The van der Waals surface area contributed by atoms with Crippen LogP contribution in [0.5, 0.6) is 5.75 Å². The van der Waals surface area contributed by atoms with E-state index < -0.39 is 12.1 Å². The molecule has 0 fully saturated rings. The Morgan fingerprint density at radius 3 is 2.05 bits per heavy atom. The van der Waals surface area contributed by atoms with Crippen LogP contribution in [0.3, 0.4) is 0 Å². The fraction of sp³-hybridized carbons (Fsp3) is 0.200. The average Bonchev–Trinajstić information content (AvgIpc) is 2.39. The van der Waals surface area contributed by atoms with Crippen molar-refractivity contribution in [3.05, 3.63) is 65.7 Å². The third kappa shape index (κ3) is 2.89. The number of para-hydroxylation sites is 1. The lowest BCUT2D eigenvalue weighted by molar-refractivity contribution is -0.141. The highest BCUT2D eigenvalue weighted by atomic mass is 19.4. The minimum absolute atomic E-state index is 0.128. The molecular weight excluding hydrogens is 253 g/mol. The van der Waals surface area contributed by atoms with Crippen LogP contribution >= 0.6 is 0 Å². The monoisotopic (exact) mass is 266 g/mol. The van der Waals surface area contributed by atoms with E-state index in [0.29, 0.717) is 0 Å². The van der Waals surface area contributed by atoms with Crippen LogP contribution in [0.25, 0.3) is 0 Å². The quantitative estimate of drug-likeness (QED) is 0.800. The molecule has 0 amide bonds. The van der Waals surface area contributed by atoms with Gasteiger partial charge in [-0.3, -0.25) is 0 Å². The minimum Gasteiger partial charge on any atom is -0.496 e. The summed E-state index contributed by atoms with van der Waals surface area (Å²) < 4.78 is 45.1. The number of halogens is 3. The Kier molecular flexibility index (Phi) is 3.79. The molecule has 0 radical (unpaired) electrons. The number of benzene rings is 2. The van der Waals surface area contributed by atoms with Crippen LogP contribution in [0.2, 0.25) is 0 Å².